The van der Waals surface area contributed by atoms with Crippen molar-refractivity contribution in [3.63, 3.8) is 0 Å². The van der Waals surface area contributed by atoms with E-state index < -0.39 is 0 Å². The third kappa shape index (κ3) is 3.58. The summed E-state index contributed by atoms with van der Waals surface area (Å²) in [4.78, 5) is 16.7. The molecule has 1 aromatic heterocycles. The zero-order chi connectivity index (χ0) is 14.4. The van der Waals surface area contributed by atoms with Crippen LogP contribution in [0.2, 0.25) is 0 Å². The zero-order valence-corrected chi connectivity index (χ0v) is 12.2. The Morgan fingerprint density at radius 1 is 1.45 bits per heavy atom. The van der Waals surface area contributed by atoms with Gasteiger partial charge in [0.15, 0.2) is 0 Å². The van der Waals surface area contributed by atoms with Gasteiger partial charge in [-0.15, -0.1) is 0 Å². The first-order chi connectivity index (χ1) is 9.76. The predicted molar refractivity (Wildman–Crippen MR) is 78.4 cm³/mol. The van der Waals surface area contributed by atoms with Crippen LogP contribution < -0.4 is 5.73 Å². The topological polar surface area (TPSA) is 78.2 Å². The summed E-state index contributed by atoms with van der Waals surface area (Å²) in [5, 5.41) is 6.54. The SMILES string of the molecule is CCC(CCN)N1CCCN(C(=O)c2cn[nH]c2)CC1. The molecule has 2 rings (SSSR count). The number of H-pyrrole nitrogens is 1. The van der Waals surface area contributed by atoms with E-state index in [1.165, 1.54) is 0 Å². The molecule has 2 heterocycles. The van der Waals surface area contributed by atoms with Crippen molar-refractivity contribution in [2.24, 2.45) is 5.73 Å². The van der Waals surface area contributed by atoms with Gasteiger partial charge in [-0.3, -0.25) is 14.8 Å². The highest BCUT2D eigenvalue weighted by atomic mass is 16.2. The second-order valence-corrected chi connectivity index (χ2v) is 5.31. The van der Waals surface area contributed by atoms with Crippen LogP contribution in [0.4, 0.5) is 0 Å². The first-order valence-corrected chi connectivity index (χ1v) is 7.48. The van der Waals surface area contributed by atoms with Crippen LogP contribution in [0.3, 0.4) is 0 Å². The number of aromatic amines is 1. The summed E-state index contributed by atoms with van der Waals surface area (Å²) in [5.74, 6) is 0.0764. The summed E-state index contributed by atoms with van der Waals surface area (Å²) >= 11 is 0. The molecule has 0 bridgehead atoms. The van der Waals surface area contributed by atoms with Gasteiger partial charge in [0.1, 0.15) is 0 Å². The summed E-state index contributed by atoms with van der Waals surface area (Å²) in [7, 11) is 0. The molecule has 0 saturated carbocycles. The van der Waals surface area contributed by atoms with Gasteiger partial charge in [-0.1, -0.05) is 6.92 Å². The first kappa shape index (κ1) is 15.0. The van der Waals surface area contributed by atoms with Crippen LogP contribution in [0, 0.1) is 0 Å². The Morgan fingerprint density at radius 3 is 2.95 bits per heavy atom. The van der Waals surface area contributed by atoms with Crippen molar-refractivity contribution in [3.05, 3.63) is 18.0 Å². The van der Waals surface area contributed by atoms with Gasteiger partial charge >= 0.3 is 0 Å². The van der Waals surface area contributed by atoms with Gasteiger partial charge in [0.05, 0.1) is 11.8 Å². The number of nitrogens with zero attached hydrogens (tertiary/aromatic N) is 3. The minimum Gasteiger partial charge on any atom is -0.337 e. The fourth-order valence-electron chi connectivity index (χ4n) is 2.89. The second-order valence-electron chi connectivity index (χ2n) is 5.31. The number of hydrogen-bond donors (Lipinski definition) is 2. The third-order valence-corrected chi connectivity index (χ3v) is 4.05. The standard InChI is InChI=1S/C14H25N5O/c1-2-13(4-5-15)18-6-3-7-19(9-8-18)14(20)12-10-16-17-11-12/h10-11,13H,2-9,15H2,1H3,(H,16,17). The van der Waals surface area contributed by atoms with Crippen LogP contribution in [0.15, 0.2) is 12.4 Å². The normalized spacial score (nSPS) is 18.8. The van der Waals surface area contributed by atoms with E-state index in [1.807, 2.05) is 4.90 Å². The van der Waals surface area contributed by atoms with E-state index in [9.17, 15) is 4.79 Å². The Bertz CT molecular complexity index is 406. The molecule has 1 aromatic rings. The molecule has 6 heteroatoms. The lowest BCUT2D eigenvalue weighted by atomic mass is 10.1. The highest BCUT2D eigenvalue weighted by molar-refractivity contribution is 5.93. The van der Waals surface area contributed by atoms with E-state index in [0.717, 1.165) is 52.0 Å². The second kappa shape index (κ2) is 7.40. The van der Waals surface area contributed by atoms with E-state index >= 15 is 0 Å². The first-order valence-electron chi connectivity index (χ1n) is 7.48. The van der Waals surface area contributed by atoms with Gasteiger partial charge in [-0.05, 0) is 25.8 Å². The molecule has 1 atom stereocenters. The quantitative estimate of drug-likeness (QED) is 0.831. The molecular weight excluding hydrogens is 254 g/mol. The maximum atomic E-state index is 12.3. The predicted octanol–water partition coefficient (Wildman–Crippen LogP) is 0.685. The van der Waals surface area contributed by atoms with Crippen LogP contribution in [0.25, 0.3) is 0 Å². The van der Waals surface area contributed by atoms with Crippen LogP contribution in [0.5, 0.6) is 0 Å². The van der Waals surface area contributed by atoms with Gasteiger partial charge in [-0.25, -0.2) is 0 Å². The molecule has 20 heavy (non-hydrogen) atoms. The molecule has 6 nitrogen and oxygen atoms in total. The number of aromatic nitrogens is 2. The molecule has 1 aliphatic heterocycles. The smallest absolute Gasteiger partial charge is 0.257 e. The van der Waals surface area contributed by atoms with Gasteiger partial charge in [-0.2, -0.15) is 5.10 Å². The van der Waals surface area contributed by atoms with Crippen LogP contribution >= 0.6 is 0 Å². The Morgan fingerprint density at radius 2 is 2.30 bits per heavy atom. The minimum atomic E-state index is 0.0764. The van der Waals surface area contributed by atoms with Crippen LogP contribution in [-0.2, 0) is 0 Å². The van der Waals surface area contributed by atoms with Crippen LogP contribution in [0.1, 0.15) is 36.5 Å². The van der Waals surface area contributed by atoms with Crippen molar-refractivity contribution in [2.45, 2.75) is 32.2 Å². The maximum Gasteiger partial charge on any atom is 0.257 e. The molecule has 0 aromatic carbocycles. The van der Waals surface area contributed by atoms with Crippen molar-refractivity contribution < 1.29 is 4.79 Å². The molecule has 1 unspecified atom stereocenters. The molecule has 0 aliphatic carbocycles. The Hall–Kier alpha value is -1.40. The molecule has 1 saturated heterocycles. The fourth-order valence-corrected chi connectivity index (χ4v) is 2.89. The molecule has 1 fully saturated rings. The van der Waals surface area contributed by atoms with Crippen molar-refractivity contribution in [3.8, 4) is 0 Å². The van der Waals surface area contributed by atoms with E-state index in [2.05, 4.69) is 22.0 Å². The molecule has 3 N–H and O–H groups in total. The van der Waals surface area contributed by atoms with Crippen molar-refractivity contribution in [1.29, 1.82) is 0 Å². The summed E-state index contributed by atoms with van der Waals surface area (Å²) in [5.41, 5.74) is 6.33. The molecule has 0 spiro atoms. The molecule has 0 radical (unpaired) electrons. The monoisotopic (exact) mass is 279 g/mol. The van der Waals surface area contributed by atoms with Gasteiger partial charge < -0.3 is 10.6 Å². The molecule has 112 valence electrons. The number of hydrogen-bond acceptors (Lipinski definition) is 4. The lowest BCUT2D eigenvalue weighted by Gasteiger charge is -2.29. The fraction of sp³-hybridized carbons (Fsp3) is 0.714. The van der Waals surface area contributed by atoms with Gasteiger partial charge in [0.2, 0.25) is 0 Å². The van der Waals surface area contributed by atoms with E-state index in [0.29, 0.717) is 11.6 Å². The molecular formula is C14H25N5O. The van der Waals surface area contributed by atoms with Crippen molar-refractivity contribution in [1.82, 2.24) is 20.0 Å². The number of carbonyl (C=O) groups excluding carboxylic acids is 1. The van der Waals surface area contributed by atoms with E-state index in [1.54, 1.807) is 12.4 Å². The lowest BCUT2D eigenvalue weighted by molar-refractivity contribution is 0.0757. The summed E-state index contributed by atoms with van der Waals surface area (Å²) in [6, 6.07) is 0.545. The Labute approximate surface area is 120 Å². The number of amides is 1. The molecule has 1 aliphatic rings. The average Bonchev–Trinajstić information content (AvgIpc) is 2.89. The average molecular weight is 279 g/mol. The lowest BCUT2D eigenvalue weighted by Crippen LogP contribution is -2.40. The van der Waals surface area contributed by atoms with E-state index in [4.69, 9.17) is 5.73 Å². The number of rotatable bonds is 5. The van der Waals surface area contributed by atoms with Gasteiger partial charge in [0.25, 0.3) is 5.91 Å². The number of carbonyl (C=O) groups is 1. The molecule has 1 amide bonds. The minimum absolute atomic E-state index is 0.0764. The summed E-state index contributed by atoms with van der Waals surface area (Å²) in [6.07, 6.45) is 6.42. The highest BCUT2D eigenvalue weighted by Crippen LogP contribution is 2.14. The van der Waals surface area contributed by atoms with Crippen LogP contribution in [-0.4, -0.2) is 64.7 Å². The zero-order valence-electron chi connectivity index (χ0n) is 12.2. The number of nitrogens with two attached hydrogens (primary N) is 1. The third-order valence-electron chi connectivity index (χ3n) is 4.05. The number of nitrogens with one attached hydrogen (secondary N) is 1. The van der Waals surface area contributed by atoms with Crippen molar-refractivity contribution >= 4 is 5.91 Å². The Balaban J connectivity index is 1.93. The maximum absolute atomic E-state index is 12.3. The van der Waals surface area contributed by atoms with E-state index in [-0.39, 0.29) is 5.91 Å². The summed E-state index contributed by atoms with van der Waals surface area (Å²) in [6.45, 7) is 6.52. The Kier molecular flexibility index (Phi) is 5.55. The van der Waals surface area contributed by atoms with Gasteiger partial charge in [0, 0.05) is 38.4 Å². The highest BCUT2D eigenvalue weighted by Gasteiger charge is 2.23. The largest absolute Gasteiger partial charge is 0.337 e. The summed E-state index contributed by atoms with van der Waals surface area (Å²) < 4.78 is 0. The van der Waals surface area contributed by atoms with Crippen molar-refractivity contribution in [2.75, 3.05) is 32.7 Å².